The van der Waals surface area contributed by atoms with Gasteiger partial charge in [-0.15, -0.1) is 0 Å². The maximum absolute atomic E-state index is 13.0. The lowest BCUT2D eigenvalue weighted by Crippen LogP contribution is -2.26. The first-order valence-electron chi connectivity index (χ1n) is 9.54. The van der Waals surface area contributed by atoms with Crippen LogP contribution in [0.1, 0.15) is 34.6 Å². The second-order valence-corrected chi connectivity index (χ2v) is 9.04. The van der Waals surface area contributed by atoms with Gasteiger partial charge in [0.05, 0.1) is 10.6 Å². The molecule has 0 amide bonds. The molecule has 0 fully saturated rings. The van der Waals surface area contributed by atoms with E-state index in [-0.39, 0.29) is 10.7 Å². The third-order valence-corrected chi connectivity index (χ3v) is 6.79. The van der Waals surface area contributed by atoms with Gasteiger partial charge in [0.25, 0.3) is 0 Å². The summed E-state index contributed by atoms with van der Waals surface area (Å²) in [5, 5.41) is 13.8. The van der Waals surface area contributed by atoms with Gasteiger partial charge in [-0.2, -0.15) is 5.10 Å². The van der Waals surface area contributed by atoms with Crippen LogP contribution in [-0.2, 0) is 17.1 Å². The monoisotopic (exact) mass is 439 g/mol. The number of benzene rings is 2. The lowest BCUT2D eigenvalue weighted by atomic mass is 10.0. The van der Waals surface area contributed by atoms with Gasteiger partial charge in [0, 0.05) is 35.8 Å². The van der Waals surface area contributed by atoms with E-state index in [1.807, 2.05) is 37.4 Å². The Bertz CT molecular complexity index is 1400. The number of hydrogen-bond acceptors (Lipinski definition) is 5. The number of carboxylic acid groups (broad SMARTS) is 1. The highest BCUT2D eigenvalue weighted by molar-refractivity contribution is 7.89. The van der Waals surface area contributed by atoms with E-state index in [9.17, 15) is 18.3 Å². The molecule has 0 aliphatic rings. The molecule has 2 N–H and O–H groups in total. The molecule has 2 heterocycles. The summed E-state index contributed by atoms with van der Waals surface area (Å²) in [4.78, 5) is 11.3. The first-order valence-corrected chi connectivity index (χ1v) is 11.0. The Morgan fingerprint density at radius 1 is 1.19 bits per heavy atom. The molecule has 8 nitrogen and oxygen atoms in total. The molecule has 2 aromatic carbocycles. The van der Waals surface area contributed by atoms with Crippen molar-refractivity contribution < 1.29 is 22.7 Å². The molecule has 31 heavy (non-hydrogen) atoms. The average Bonchev–Trinajstić information content (AvgIpc) is 3.31. The number of aryl methyl sites for hydroxylation is 2. The lowest BCUT2D eigenvalue weighted by molar-refractivity contribution is 0.0664. The van der Waals surface area contributed by atoms with Crippen molar-refractivity contribution in [2.45, 2.75) is 24.8 Å². The summed E-state index contributed by atoms with van der Waals surface area (Å²) in [7, 11) is -2.01. The number of rotatable bonds is 6. The molecule has 2 aromatic heterocycles. The van der Waals surface area contributed by atoms with Crippen molar-refractivity contribution in [3.63, 3.8) is 0 Å². The van der Waals surface area contributed by atoms with Crippen molar-refractivity contribution >= 4 is 27.0 Å². The molecule has 160 valence electrons. The van der Waals surface area contributed by atoms with Gasteiger partial charge in [0.1, 0.15) is 5.58 Å². The quantitative estimate of drug-likeness (QED) is 0.471. The van der Waals surface area contributed by atoms with Crippen LogP contribution < -0.4 is 4.72 Å². The second-order valence-electron chi connectivity index (χ2n) is 7.33. The number of nitrogens with one attached hydrogen (secondary N) is 1. The van der Waals surface area contributed by atoms with Crippen molar-refractivity contribution in [1.82, 2.24) is 14.5 Å². The fraction of sp³-hybridized carbons (Fsp3) is 0.182. The standard InChI is InChI=1S/C22H21N3O5S/c1-13-18-12-17(7-8-20(18)30-21(13)22(26)27)31(28,29)24-14(2)15-5-4-6-16(11-15)19-9-10-23-25(19)3/h4-12,14,24H,1-3H3,(H,26,27). The summed E-state index contributed by atoms with van der Waals surface area (Å²) in [6.45, 7) is 3.36. The molecule has 0 radical (unpaired) electrons. The van der Waals surface area contributed by atoms with Crippen LogP contribution in [0.3, 0.4) is 0 Å². The van der Waals surface area contributed by atoms with Crippen LogP contribution in [0, 0.1) is 6.92 Å². The molecule has 1 atom stereocenters. The fourth-order valence-electron chi connectivity index (χ4n) is 3.56. The average molecular weight is 439 g/mol. The van der Waals surface area contributed by atoms with E-state index >= 15 is 0 Å². The molecule has 0 spiro atoms. The zero-order valence-electron chi connectivity index (χ0n) is 17.2. The number of aromatic nitrogens is 2. The zero-order valence-corrected chi connectivity index (χ0v) is 18.0. The molecule has 0 bridgehead atoms. The Morgan fingerprint density at radius 2 is 1.97 bits per heavy atom. The molecular formula is C22H21N3O5S. The fourth-order valence-corrected chi connectivity index (χ4v) is 4.82. The van der Waals surface area contributed by atoms with Crippen LogP contribution in [0.15, 0.2) is 64.0 Å². The van der Waals surface area contributed by atoms with E-state index in [0.717, 1.165) is 16.8 Å². The molecule has 0 aliphatic carbocycles. The van der Waals surface area contributed by atoms with E-state index in [2.05, 4.69) is 9.82 Å². The normalized spacial score (nSPS) is 12.9. The molecule has 0 saturated heterocycles. The van der Waals surface area contributed by atoms with Gasteiger partial charge in [0.15, 0.2) is 0 Å². The summed E-state index contributed by atoms with van der Waals surface area (Å²) in [6.07, 6.45) is 1.71. The highest BCUT2D eigenvalue weighted by Gasteiger charge is 2.22. The van der Waals surface area contributed by atoms with E-state index in [4.69, 9.17) is 4.42 Å². The van der Waals surface area contributed by atoms with Gasteiger partial charge in [0.2, 0.25) is 15.8 Å². The largest absolute Gasteiger partial charge is 0.475 e. The third-order valence-electron chi connectivity index (χ3n) is 5.25. The maximum atomic E-state index is 13.0. The van der Waals surface area contributed by atoms with Gasteiger partial charge in [-0.3, -0.25) is 4.68 Å². The minimum absolute atomic E-state index is 0.0375. The van der Waals surface area contributed by atoms with E-state index in [1.165, 1.54) is 18.2 Å². The third kappa shape index (κ3) is 3.85. The highest BCUT2D eigenvalue weighted by atomic mass is 32.2. The molecular weight excluding hydrogens is 418 g/mol. The number of nitrogens with zero attached hydrogens (tertiary/aromatic N) is 2. The summed E-state index contributed by atoms with van der Waals surface area (Å²) >= 11 is 0. The maximum Gasteiger partial charge on any atom is 0.372 e. The van der Waals surface area contributed by atoms with Gasteiger partial charge in [-0.1, -0.05) is 18.2 Å². The minimum atomic E-state index is -3.86. The van der Waals surface area contributed by atoms with Crippen LogP contribution in [0.25, 0.3) is 22.2 Å². The molecule has 4 aromatic rings. The Hall–Kier alpha value is -3.43. The molecule has 1 unspecified atom stereocenters. The summed E-state index contributed by atoms with van der Waals surface area (Å²) in [6, 6.07) is 13.3. The summed E-state index contributed by atoms with van der Waals surface area (Å²) in [5.41, 5.74) is 3.37. The first-order chi connectivity index (χ1) is 14.7. The zero-order chi connectivity index (χ0) is 22.3. The van der Waals surface area contributed by atoms with Crippen molar-refractivity contribution in [2.75, 3.05) is 0 Å². The second kappa shape index (κ2) is 7.68. The molecule has 0 saturated carbocycles. The van der Waals surface area contributed by atoms with Gasteiger partial charge < -0.3 is 9.52 Å². The number of hydrogen-bond donors (Lipinski definition) is 2. The number of carbonyl (C=O) groups is 1. The number of aromatic carboxylic acids is 1. The smallest absolute Gasteiger partial charge is 0.372 e. The number of sulfonamides is 1. The minimum Gasteiger partial charge on any atom is -0.475 e. The topological polar surface area (TPSA) is 114 Å². The van der Waals surface area contributed by atoms with Crippen LogP contribution >= 0.6 is 0 Å². The van der Waals surface area contributed by atoms with Crippen LogP contribution in [0.2, 0.25) is 0 Å². The predicted molar refractivity (Wildman–Crippen MR) is 115 cm³/mol. The van der Waals surface area contributed by atoms with E-state index in [1.54, 1.807) is 24.7 Å². The number of furan rings is 1. The molecule has 4 rings (SSSR count). The molecule has 0 aliphatic heterocycles. The van der Waals surface area contributed by atoms with Gasteiger partial charge in [-0.05, 0) is 49.7 Å². The SMILES string of the molecule is Cc1c(C(=O)O)oc2ccc(S(=O)(=O)NC(C)c3cccc(-c4ccnn4C)c3)cc12. The summed E-state index contributed by atoms with van der Waals surface area (Å²) in [5.74, 6) is -1.39. The van der Waals surface area contributed by atoms with Crippen molar-refractivity contribution in [3.05, 3.63) is 71.6 Å². The predicted octanol–water partition coefficient (Wildman–Crippen LogP) is 3.88. The van der Waals surface area contributed by atoms with Crippen molar-refractivity contribution in [1.29, 1.82) is 0 Å². The van der Waals surface area contributed by atoms with Gasteiger partial charge in [-0.25, -0.2) is 17.9 Å². The number of fused-ring (bicyclic) bond motifs is 1. The van der Waals surface area contributed by atoms with Crippen LogP contribution in [-0.4, -0.2) is 29.3 Å². The first kappa shape index (κ1) is 20.8. The van der Waals surface area contributed by atoms with Crippen molar-refractivity contribution in [2.24, 2.45) is 7.05 Å². The Balaban J connectivity index is 1.64. The molecule has 9 heteroatoms. The number of carboxylic acids is 1. The van der Waals surface area contributed by atoms with E-state index < -0.39 is 22.0 Å². The van der Waals surface area contributed by atoms with Crippen molar-refractivity contribution in [3.8, 4) is 11.3 Å². The Labute approximate surface area is 179 Å². The summed E-state index contributed by atoms with van der Waals surface area (Å²) < 4.78 is 35.8. The Morgan fingerprint density at radius 3 is 2.65 bits per heavy atom. The Kier molecular flexibility index (Phi) is 5.16. The van der Waals surface area contributed by atoms with Crippen LogP contribution in [0.4, 0.5) is 0 Å². The van der Waals surface area contributed by atoms with Crippen LogP contribution in [0.5, 0.6) is 0 Å². The highest BCUT2D eigenvalue weighted by Crippen LogP contribution is 2.29. The lowest BCUT2D eigenvalue weighted by Gasteiger charge is -2.16. The van der Waals surface area contributed by atoms with E-state index in [0.29, 0.717) is 16.5 Å². The van der Waals surface area contributed by atoms with Gasteiger partial charge >= 0.3 is 5.97 Å².